The van der Waals surface area contributed by atoms with Crippen molar-refractivity contribution in [3.05, 3.63) is 59.4 Å². The van der Waals surface area contributed by atoms with Crippen LogP contribution in [0.15, 0.2) is 42.6 Å². The molecule has 3 aromatic rings. The van der Waals surface area contributed by atoms with E-state index in [2.05, 4.69) is 42.2 Å². The summed E-state index contributed by atoms with van der Waals surface area (Å²) in [7, 11) is 0. The second-order valence-electron chi connectivity index (χ2n) is 4.85. The van der Waals surface area contributed by atoms with E-state index in [1.54, 1.807) is 6.07 Å². The predicted molar refractivity (Wildman–Crippen MR) is 79.5 cm³/mol. The normalized spacial score (nSPS) is 10.7. The summed E-state index contributed by atoms with van der Waals surface area (Å²) in [6, 6.07) is 14.3. The average molecular weight is 261 g/mol. The molecule has 2 heterocycles. The third-order valence-electron chi connectivity index (χ3n) is 3.62. The summed E-state index contributed by atoms with van der Waals surface area (Å²) in [4.78, 5) is 4.67. The van der Waals surface area contributed by atoms with Gasteiger partial charge in [0.25, 0.3) is 0 Å². The van der Waals surface area contributed by atoms with Gasteiger partial charge in [-0.3, -0.25) is 0 Å². The lowest BCUT2D eigenvalue weighted by Crippen LogP contribution is -1.89. The number of benzene rings is 1. The minimum Gasteiger partial charge on any atom is -0.302 e. The first-order valence-corrected chi connectivity index (χ1v) is 6.71. The minimum atomic E-state index is 0.644. The Morgan fingerprint density at radius 3 is 2.55 bits per heavy atom. The molecule has 0 N–H and O–H groups in total. The van der Waals surface area contributed by atoms with E-state index in [9.17, 15) is 0 Å². The monoisotopic (exact) mass is 261 g/mol. The average Bonchev–Trinajstić information content (AvgIpc) is 2.84. The number of aromatic nitrogens is 2. The summed E-state index contributed by atoms with van der Waals surface area (Å²) < 4.78 is 1.97. The van der Waals surface area contributed by atoms with Crippen molar-refractivity contribution in [3.8, 4) is 17.3 Å². The van der Waals surface area contributed by atoms with Gasteiger partial charge in [-0.1, -0.05) is 31.2 Å². The van der Waals surface area contributed by atoms with E-state index in [4.69, 9.17) is 5.26 Å². The highest BCUT2D eigenvalue weighted by atomic mass is 15.0. The van der Waals surface area contributed by atoms with Gasteiger partial charge in [0, 0.05) is 17.5 Å². The Morgan fingerprint density at radius 1 is 1.15 bits per heavy atom. The summed E-state index contributed by atoms with van der Waals surface area (Å²) >= 11 is 0. The Kier molecular flexibility index (Phi) is 3.00. The zero-order valence-electron chi connectivity index (χ0n) is 11.6. The molecule has 0 bridgehead atoms. The smallest absolute Gasteiger partial charge is 0.137 e. The summed E-state index contributed by atoms with van der Waals surface area (Å²) in [5.74, 6) is 0. The number of aryl methyl sites for hydroxylation is 2. The molecule has 3 rings (SSSR count). The Labute approximate surface area is 118 Å². The van der Waals surface area contributed by atoms with Crippen molar-refractivity contribution in [1.82, 2.24) is 9.38 Å². The summed E-state index contributed by atoms with van der Waals surface area (Å²) in [6.07, 6.45) is 2.87. The predicted octanol–water partition coefficient (Wildman–Crippen LogP) is 3.74. The van der Waals surface area contributed by atoms with Gasteiger partial charge < -0.3 is 4.40 Å². The van der Waals surface area contributed by atoms with Gasteiger partial charge in [0.05, 0.1) is 11.3 Å². The number of imidazole rings is 1. The van der Waals surface area contributed by atoms with E-state index >= 15 is 0 Å². The fourth-order valence-electron chi connectivity index (χ4n) is 2.40. The molecule has 0 amide bonds. The molecule has 1 aromatic carbocycles. The van der Waals surface area contributed by atoms with Gasteiger partial charge in [-0.05, 0) is 31.0 Å². The second-order valence-corrected chi connectivity index (χ2v) is 4.85. The molecule has 0 fully saturated rings. The Balaban J connectivity index is 2.16. The molecule has 2 aromatic heterocycles. The third kappa shape index (κ3) is 1.96. The van der Waals surface area contributed by atoms with Gasteiger partial charge in [0.15, 0.2) is 0 Å². The fraction of sp³-hybridized carbons (Fsp3) is 0.176. The van der Waals surface area contributed by atoms with Crippen molar-refractivity contribution in [2.75, 3.05) is 0 Å². The molecule has 20 heavy (non-hydrogen) atoms. The van der Waals surface area contributed by atoms with Crippen LogP contribution in [0.5, 0.6) is 0 Å². The van der Waals surface area contributed by atoms with Crippen LogP contribution in [0.1, 0.15) is 23.7 Å². The highest BCUT2D eigenvalue weighted by Gasteiger charge is 2.10. The molecule has 98 valence electrons. The zero-order valence-corrected chi connectivity index (χ0v) is 11.6. The largest absolute Gasteiger partial charge is 0.302 e. The molecule has 0 radical (unpaired) electrons. The van der Waals surface area contributed by atoms with E-state index in [-0.39, 0.29) is 0 Å². The highest BCUT2D eigenvalue weighted by molar-refractivity contribution is 5.66. The minimum absolute atomic E-state index is 0.644. The number of hydrogen-bond donors (Lipinski definition) is 0. The van der Waals surface area contributed by atoms with E-state index in [0.29, 0.717) is 5.56 Å². The first kappa shape index (κ1) is 12.4. The van der Waals surface area contributed by atoms with Crippen LogP contribution in [0.25, 0.3) is 16.9 Å². The molecular weight excluding hydrogens is 246 g/mol. The van der Waals surface area contributed by atoms with Crippen LogP contribution in [0, 0.1) is 18.3 Å². The third-order valence-corrected chi connectivity index (χ3v) is 3.62. The van der Waals surface area contributed by atoms with Crippen molar-refractivity contribution in [3.63, 3.8) is 0 Å². The van der Waals surface area contributed by atoms with Gasteiger partial charge in [-0.2, -0.15) is 5.26 Å². The Morgan fingerprint density at radius 2 is 1.90 bits per heavy atom. The maximum atomic E-state index is 8.99. The molecular formula is C17H15N3. The summed E-state index contributed by atoms with van der Waals surface area (Å²) in [6.45, 7) is 4.18. The maximum Gasteiger partial charge on any atom is 0.137 e. The lowest BCUT2D eigenvalue weighted by Gasteiger charge is -2.01. The Hall–Kier alpha value is -2.60. The van der Waals surface area contributed by atoms with Gasteiger partial charge in [-0.15, -0.1) is 0 Å². The van der Waals surface area contributed by atoms with Crippen LogP contribution in [0.4, 0.5) is 0 Å². The molecule has 3 heteroatoms. The van der Waals surface area contributed by atoms with Crippen molar-refractivity contribution < 1.29 is 0 Å². The SMILES string of the molecule is CCc1ccc(-c2nc3ccc(C#N)cn3c2C)cc1. The van der Waals surface area contributed by atoms with Crippen LogP contribution >= 0.6 is 0 Å². The molecule has 0 saturated heterocycles. The zero-order chi connectivity index (χ0) is 14.1. The lowest BCUT2D eigenvalue weighted by molar-refractivity contribution is 1.10. The summed E-state index contributed by atoms with van der Waals surface area (Å²) in [5, 5.41) is 8.99. The topological polar surface area (TPSA) is 41.1 Å². The van der Waals surface area contributed by atoms with Crippen molar-refractivity contribution in [1.29, 1.82) is 5.26 Å². The summed E-state index contributed by atoms with van der Waals surface area (Å²) in [5.41, 5.74) is 5.98. The lowest BCUT2D eigenvalue weighted by atomic mass is 10.1. The van der Waals surface area contributed by atoms with Crippen molar-refractivity contribution in [2.24, 2.45) is 0 Å². The number of fused-ring (bicyclic) bond motifs is 1. The fourth-order valence-corrected chi connectivity index (χ4v) is 2.40. The molecule has 0 spiro atoms. The van der Waals surface area contributed by atoms with Crippen LogP contribution in [-0.4, -0.2) is 9.38 Å². The molecule has 0 aliphatic rings. The first-order chi connectivity index (χ1) is 9.72. The van der Waals surface area contributed by atoms with Crippen LogP contribution in [-0.2, 0) is 6.42 Å². The second kappa shape index (κ2) is 4.82. The standard InChI is InChI=1S/C17H15N3/c1-3-13-4-7-15(8-5-13)17-12(2)20-11-14(10-18)6-9-16(20)19-17/h4-9,11H,3H2,1-2H3. The Bertz CT molecular complexity index is 805. The molecule has 0 saturated carbocycles. The quantitative estimate of drug-likeness (QED) is 0.705. The molecule has 0 aliphatic heterocycles. The number of nitriles is 1. The number of hydrogen-bond acceptors (Lipinski definition) is 2. The molecule has 3 nitrogen and oxygen atoms in total. The van der Waals surface area contributed by atoms with Crippen molar-refractivity contribution >= 4 is 5.65 Å². The number of rotatable bonds is 2. The van der Waals surface area contributed by atoms with Gasteiger partial charge in [-0.25, -0.2) is 4.98 Å². The van der Waals surface area contributed by atoms with E-state index in [1.807, 2.05) is 23.6 Å². The number of nitrogens with zero attached hydrogens (tertiary/aromatic N) is 3. The van der Waals surface area contributed by atoms with Crippen LogP contribution < -0.4 is 0 Å². The van der Waals surface area contributed by atoms with Gasteiger partial charge in [0.1, 0.15) is 11.7 Å². The highest BCUT2D eigenvalue weighted by Crippen LogP contribution is 2.24. The maximum absolute atomic E-state index is 8.99. The molecule has 0 atom stereocenters. The van der Waals surface area contributed by atoms with E-state index in [1.165, 1.54) is 5.56 Å². The van der Waals surface area contributed by atoms with Crippen molar-refractivity contribution in [2.45, 2.75) is 20.3 Å². The number of pyridine rings is 1. The molecule has 0 aliphatic carbocycles. The van der Waals surface area contributed by atoms with Crippen LogP contribution in [0.2, 0.25) is 0 Å². The van der Waals surface area contributed by atoms with Gasteiger partial charge >= 0.3 is 0 Å². The first-order valence-electron chi connectivity index (χ1n) is 6.71. The van der Waals surface area contributed by atoms with E-state index < -0.39 is 0 Å². The van der Waals surface area contributed by atoms with Gasteiger partial charge in [0.2, 0.25) is 0 Å². The molecule has 0 unspecified atom stereocenters. The van der Waals surface area contributed by atoms with E-state index in [0.717, 1.165) is 29.0 Å². The van der Waals surface area contributed by atoms with Crippen LogP contribution in [0.3, 0.4) is 0 Å².